The van der Waals surface area contributed by atoms with Crippen LogP contribution in [-0.2, 0) is 16.1 Å². The van der Waals surface area contributed by atoms with Crippen LogP contribution in [0.3, 0.4) is 0 Å². The van der Waals surface area contributed by atoms with E-state index in [1.54, 1.807) is 37.4 Å². The molecule has 0 saturated carbocycles. The first-order chi connectivity index (χ1) is 12.6. The predicted molar refractivity (Wildman–Crippen MR) is 94.9 cm³/mol. The molecule has 1 fully saturated rings. The molecule has 1 saturated heterocycles. The monoisotopic (exact) mass is 370 g/mol. The minimum Gasteiger partial charge on any atom is -0.497 e. The fraction of sp³-hybridized carbons (Fsp3) is 0.222. The molecule has 8 heteroatoms. The van der Waals surface area contributed by atoms with Gasteiger partial charge in [-0.2, -0.15) is 5.11 Å². The molecule has 2 amide bonds. The second-order valence-electron chi connectivity index (χ2n) is 5.99. The summed E-state index contributed by atoms with van der Waals surface area (Å²) < 4.78 is 5.11. The van der Waals surface area contributed by atoms with Crippen LogP contribution in [0.25, 0.3) is 0 Å². The number of benzene rings is 2. The van der Waals surface area contributed by atoms with Gasteiger partial charge in [0.15, 0.2) is 12.1 Å². The van der Waals surface area contributed by atoms with E-state index in [4.69, 9.17) is 16.3 Å². The summed E-state index contributed by atoms with van der Waals surface area (Å²) in [6.45, 7) is 0.305. The van der Waals surface area contributed by atoms with Gasteiger partial charge in [-0.05, 0) is 35.9 Å². The van der Waals surface area contributed by atoms with Gasteiger partial charge >= 0.3 is 0 Å². The van der Waals surface area contributed by atoms with Crippen LogP contribution in [0, 0.1) is 0 Å². The average Bonchev–Trinajstić information content (AvgIpc) is 3.17. The van der Waals surface area contributed by atoms with E-state index < -0.39 is 12.1 Å². The first kappa shape index (κ1) is 16.5. The van der Waals surface area contributed by atoms with Gasteiger partial charge in [0, 0.05) is 5.02 Å². The molecule has 0 aromatic heterocycles. The number of imide groups is 1. The van der Waals surface area contributed by atoms with Crippen LogP contribution in [0.5, 0.6) is 5.75 Å². The number of anilines is 1. The number of rotatable bonds is 4. The predicted octanol–water partition coefficient (Wildman–Crippen LogP) is 2.84. The Balaban J connectivity index is 1.60. The molecule has 2 aromatic carbocycles. The molecule has 0 N–H and O–H groups in total. The minimum atomic E-state index is -0.827. The second kappa shape index (κ2) is 6.42. The minimum absolute atomic E-state index is 0.305. The third-order valence-electron chi connectivity index (χ3n) is 4.48. The molecule has 0 bridgehead atoms. The van der Waals surface area contributed by atoms with Gasteiger partial charge in [0.25, 0.3) is 11.8 Å². The zero-order chi connectivity index (χ0) is 18.3. The summed E-state index contributed by atoms with van der Waals surface area (Å²) in [5, 5.41) is 10.1. The zero-order valence-electron chi connectivity index (χ0n) is 13.9. The highest BCUT2D eigenvalue weighted by Crippen LogP contribution is 2.34. The third kappa shape index (κ3) is 2.61. The number of carbonyl (C=O) groups is 2. The fourth-order valence-electron chi connectivity index (χ4n) is 3.14. The summed E-state index contributed by atoms with van der Waals surface area (Å²) in [5.74, 6) is -0.0779. The standard InChI is InChI=1S/C18H15ClN4O3/c1-26-13-8-6-12(7-9-13)23-17(24)15-16(18(23)25)22(21-20-15)10-11-4-2-3-5-14(11)19/h2-9,15-16H,10H2,1H3/t15-,16-/m0/s1. The van der Waals surface area contributed by atoms with Gasteiger partial charge in [-0.1, -0.05) is 35.0 Å². The molecule has 2 aliphatic heterocycles. The van der Waals surface area contributed by atoms with E-state index in [1.165, 1.54) is 5.01 Å². The quantitative estimate of drug-likeness (QED) is 0.775. The molecule has 7 nitrogen and oxygen atoms in total. The third-order valence-corrected chi connectivity index (χ3v) is 4.85. The Hall–Kier alpha value is -2.93. The molecular weight excluding hydrogens is 356 g/mol. The van der Waals surface area contributed by atoms with Crippen molar-refractivity contribution >= 4 is 29.1 Å². The van der Waals surface area contributed by atoms with Crippen molar-refractivity contribution in [2.75, 3.05) is 12.0 Å². The van der Waals surface area contributed by atoms with E-state index in [2.05, 4.69) is 10.3 Å². The number of nitrogens with zero attached hydrogens (tertiary/aromatic N) is 4. The normalized spacial score (nSPS) is 21.5. The molecule has 0 radical (unpaired) electrons. The molecule has 0 spiro atoms. The number of hydrogen-bond donors (Lipinski definition) is 0. The number of fused-ring (bicyclic) bond motifs is 1. The maximum atomic E-state index is 12.9. The van der Waals surface area contributed by atoms with Crippen molar-refractivity contribution in [3.05, 3.63) is 59.1 Å². The zero-order valence-corrected chi connectivity index (χ0v) is 14.6. The average molecular weight is 371 g/mol. The number of hydrogen-bond acceptors (Lipinski definition) is 6. The molecule has 4 rings (SSSR count). The Kier molecular flexibility index (Phi) is 4.08. The summed E-state index contributed by atoms with van der Waals surface area (Å²) >= 11 is 6.19. The van der Waals surface area contributed by atoms with Gasteiger partial charge in [-0.3, -0.25) is 14.6 Å². The van der Waals surface area contributed by atoms with E-state index in [1.807, 2.05) is 18.2 Å². The number of amides is 2. The van der Waals surface area contributed by atoms with Gasteiger partial charge in [0.2, 0.25) is 0 Å². The van der Waals surface area contributed by atoms with Crippen molar-refractivity contribution in [3.63, 3.8) is 0 Å². The second-order valence-corrected chi connectivity index (χ2v) is 6.40. The van der Waals surface area contributed by atoms with Crippen molar-refractivity contribution in [2.45, 2.75) is 18.6 Å². The van der Waals surface area contributed by atoms with Crippen LogP contribution in [0.2, 0.25) is 5.02 Å². The van der Waals surface area contributed by atoms with Crippen molar-refractivity contribution in [2.24, 2.45) is 10.3 Å². The van der Waals surface area contributed by atoms with Gasteiger partial charge in [-0.25, -0.2) is 4.90 Å². The highest BCUT2D eigenvalue weighted by Gasteiger charge is 2.54. The van der Waals surface area contributed by atoms with E-state index >= 15 is 0 Å². The topological polar surface area (TPSA) is 74.6 Å². The number of methoxy groups -OCH3 is 1. The van der Waals surface area contributed by atoms with Crippen molar-refractivity contribution in [1.29, 1.82) is 0 Å². The fourth-order valence-corrected chi connectivity index (χ4v) is 3.34. The molecule has 2 aliphatic rings. The molecule has 26 heavy (non-hydrogen) atoms. The van der Waals surface area contributed by atoms with E-state index in [9.17, 15) is 9.59 Å². The van der Waals surface area contributed by atoms with Gasteiger partial charge in [0.05, 0.1) is 19.3 Å². The molecular formula is C18H15ClN4O3. The van der Waals surface area contributed by atoms with Crippen molar-refractivity contribution in [3.8, 4) is 5.75 Å². The molecule has 132 valence electrons. The molecule has 2 atom stereocenters. The Morgan fingerprint density at radius 3 is 2.50 bits per heavy atom. The van der Waals surface area contributed by atoms with E-state index in [0.29, 0.717) is 23.0 Å². The summed E-state index contributed by atoms with van der Waals surface area (Å²) in [7, 11) is 1.55. The van der Waals surface area contributed by atoms with Crippen molar-refractivity contribution < 1.29 is 14.3 Å². The van der Waals surface area contributed by atoms with Crippen molar-refractivity contribution in [1.82, 2.24) is 5.01 Å². The number of carbonyl (C=O) groups excluding carboxylic acids is 2. The highest BCUT2D eigenvalue weighted by molar-refractivity contribution is 6.31. The molecule has 2 aromatic rings. The largest absolute Gasteiger partial charge is 0.497 e. The Morgan fingerprint density at radius 2 is 1.81 bits per heavy atom. The van der Waals surface area contributed by atoms with Gasteiger partial charge in [0.1, 0.15) is 5.75 Å². The van der Waals surface area contributed by atoms with Gasteiger partial charge < -0.3 is 4.74 Å². The van der Waals surface area contributed by atoms with Gasteiger partial charge in [-0.15, -0.1) is 0 Å². The molecule has 0 aliphatic carbocycles. The lowest BCUT2D eigenvalue weighted by Crippen LogP contribution is -2.39. The van der Waals surface area contributed by atoms with Crippen LogP contribution in [-0.4, -0.2) is 36.0 Å². The highest BCUT2D eigenvalue weighted by atomic mass is 35.5. The number of ether oxygens (including phenoxy) is 1. The summed E-state index contributed by atoms with van der Waals surface area (Å²) in [6, 6.07) is 12.5. The lowest BCUT2D eigenvalue weighted by molar-refractivity contribution is -0.123. The van der Waals surface area contributed by atoms with Crippen LogP contribution < -0.4 is 9.64 Å². The summed E-state index contributed by atoms with van der Waals surface area (Å²) in [4.78, 5) is 26.8. The Labute approximate surface area is 154 Å². The molecule has 0 unspecified atom stereocenters. The first-order valence-corrected chi connectivity index (χ1v) is 8.40. The summed E-state index contributed by atoms with van der Waals surface area (Å²) in [6.07, 6.45) is 0. The molecule has 2 heterocycles. The van der Waals surface area contributed by atoms with Crippen LogP contribution in [0.1, 0.15) is 5.56 Å². The maximum absolute atomic E-state index is 12.9. The SMILES string of the molecule is COc1ccc(N2C(=O)[C@H]3N=NN(Cc4ccccc4Cl)[C@@H]3C2=O)cc1. The Bertz CT molecular complexity index is 900. The number of halogens is 1. The van der Waals surface area contributed by atoms with E-state index in [-0.39, 0.29) is 11.8 Å². The summed E-state index contributed by atoms with van der Waals surface area (Å²) in [5.41, 5.74) is 1.31. The lowest BCUT2D eigenvalue weighted by Gasteiger charge is -2.21. The lowest BCUT2D eigenvalue weighted by atomic mass is 10.1. The smallest absolute Gasteiger partial charge is 0.263 e. The van der Waals surface area contributed by atoms with Crippen LogP contribution in [0.4, 0.5) is 5.69 Å². The first-order valence-electron chi connectivity index (χ1n) is 8.03. The van der Waals surface area contributed by atoms with Crippen LogP contribution >= 0.6 is 11.6 Å². The Morgan fingerprint density at radius 1 is 1.08 bits per heavy atom. The van der Waals surface area contributed by atoms with Crippen LogP contribution in [0.15, 0.2) is 58.9 Å². The maximum Gasteiger partial charge on any atom is 0.263 e. The van der Waals surface area contributed by atoms with E-state index in [0.717, 1.165) is 10.5 Å².